The molecule has 90 valence electrons. The molecule has 0 amide bonds. The van der Waals surface area contributed by atoms with Gasteiger partial charge >= 0.3 is 5.97 Å². The van der Waals surface area contributed by atoms with Gasteiger partial charge in [0.15, 0.2) is 0 Å². The average molecular weight is 224 g/mol. The number of aryl methyl sites for hydroxylation is 1. The third kappa shape index (κ3) is 3.36. The Hall–Kier alpha value is -1.32. The van der Waals surface area contributed by atoms with Crippen molar-refractivity contribution in [1.29, 1.82) is 0 Å². The fourth-order valence-corrected chi connectivity index (χ4v) is 1.79. The number of hydrogen-bond acceptors (Lipinski definition) is 2. The summed E-state index contributed by atoms with van der Waals surface area (Å²) in [4.78, 5) is 14.9. The van der Waals surface area contributed by atoms with Crippen LogP contribution in [-0.4, -0.2) is 20.6 Å². The van der Waals surface area contributed by atoms with E-state index in [0.717, 1.165) is 25.2 Å². The van der Waals surface area contributed by atoms with E-state index in [9.17, 15) is 4.79 Å². The molecular weight excluding hydrogens is 204 g/mol. The average Bonchev–Trinajstić information content (AvgIpc) is 2.60. The van der Waals surface area contributed by atoms with Gasteiger partial charge in [-0.15, -0.1) is 0 Å². The SMILES string of the molecule is CCCCCCCn1c(C(=O)O)cnc1C. The fourth-order valence-electron chi connectivity index (χ4n) is 1.79. The molecule has 0 saturated heterocycles. The van der Waals surface area contributed by atoms with Crippen molar-refractivity contribution in [2.75, 3.05) is 0 Å². The highest BCUT2D eigenvalue weighted by Crippen LogP contribution is 2.09. The van der Waals surface area contributed by atoms with E-state index >= 15 is 0 Å². The van der Waals surface area contributed by atoms with Crippen LogP contribution >= 0.6 is 0 Å². The van der Waals surface area contributed by atoms with E-state index < -0.39 is 5.97 Å². The van der Waals surface area contributed by atoms with Crippen molar-refractivity contribution in [1.82, 2.24) is 9.55 Å². The largest absolute Gasteiger partial charge is 0.477 e. The highest BCUT2D eigenvalue weighted by atomic mass is 16.4. The van der Waals surface area contributed by atoms with Gasteiger partial charge in [-0.25, -0.2) is 9.78 Å². The second-order valence-electron chi connectivity index (χ2n) is 4.06. The first-order valence-corrected chi connectivity index (χ1v) is 5.92. The topological polar surface area (TPSA) is 55.1 Å². The van der Waals surface area contributed by atoms with Crippen molar-refractivity contribution in [3.05, 3.63) is 17.7 Å². The number of aromatic nitrogens is 2. The number of rotatable bonds is 7. The molecule has 1 aromatic rings. The van der Waals surface area contributed by atoms with Crippen LogP contribution in [0, 0.1) is 6.92 Å². The molecule has 0 aliphatic carbocycles. The zero-order valence-electron chi connectivity index (χ0n) is 10.1. The first-order chi connectivity index (χ1) is 7.66. The standard InChI is InChI=1S/C12H20N2O2/c1-3-4-5-6-7-8-14-10(2)13-9-11(14)12(15)16/h9H,3-8H2,1-2H3,(H,15,16). The Kier molecular flexibility index (Phi) is 5.02. The van der Waals surface area contributed by atoms with Crippen LogP contribution in [0.3, 0.4) is 0 Å². The summed E-state index contributed by atoms with van der Waals surface area (Å²) in [5.41, 5.74) is 0.299. The van der Waals surface area contributed by atoms with E-state index in [4.69, 9.17) is 5.11 Å². The van der Waals surface area contributed by atoms with E-state index in [1.807, 2.05) is 6.92 Å². The predicted octanol–water partition coefficient (Wildman–Crippen LogP) is 2.86. The van der Waals surface area contributed by atoms with Gasteiger partial charge in [-0.1, -0.05) is 32.6 Å². The summed E-state index contributed by atoms with van der Waals surface area (Å²) in [6.07, 6.45) is 7.33. The minimum absolute atomic E-state index is 0.299. The molecule has 16 heavy (non-hydrogen) atoms. The van der Waals surface area contributed by atoms with Gasteiger partial charge in [0, 0.05) is 6.54 Å². The number of carbonyl (C=O) groups is 1. The lowest BCUT2D eigenvalue weighted by Crippen LogP contribution is -2.10. The normalized spacial score (nSPS) is 10.6. The third-order valence-corrected chi connectivity index (χ3v) is 2.76. The number of aromatic carboxylic acids is 1. The van der Waals surface area contributed by atoms with E-state index in [1.165, 1.54) is 25.5 Å². The maximum atomic E-state index is 10.9. The zero-order chi connectivity index (χ0) is 12.0. The van der Waals surface area contributed by atoms with Crippen LogP contribution in [-0.2, 0) is 6.54 Å². The molecule has 4 nitrogen and oxygen atoms in total. The lowest BCUT2D eigenvalue weighted by atomic mass is 10.1. The van der Waals surface area contributed by atoms with Gasteiger partial charge in [0.2, 0.25) is 0 Å². The number of unbranched alkanes of at least 4 members (excludes halogenated alkanes) is 4. The molecule has 0 unspecified atom stereocenters. The molecule has 0 saturated carbocycles. The van der Waals surface area contributed by atoms with Gasteiger partial charge < -0.3 is 9.67 Å². The van der Waals surface area contributed by atoms with Gasteiger partial charge in [-0.05, 0) is 13.3 Å². The Morgan fingerprint density at radius 2 is 2.06 bits per heavy atom. The Morgan fingerprint density at radius 1 is 1.38 bits per heavy atom. The number of nitrogens with zero attached hydrogens (tertiary/aromatic N) is 2. The molecule has 0 fully saturated rings. The van der Waals surface area contributed by atoms with Crippen molar-refractivity contribution in [3.8, 4) is 0 Å². The third-order valence-electron chi connectivity index (χ3n) is 2.76. The molecule has 0 aliphatic heterocycles. The summed E-state index contributed by atoms with van der Waals surface area (Å²) in [5, 5.41) is 8.96. The number of carboxylic acid groups (broad SMARTS) is 1. The van der Waals surface area contributed by atoms with Crippen molar-refractivity contribution in [2.24, 2.45) is 0 Å². The van der Waals surface area contributed by atoms with Gasteiger partial charge in [0.05, 0.1) is 6.20 Å². The number of carboxylic acids is 1. The Morgan fingerprint density at radius 3 is 2.69 bits per heavy atom. The summed E-state index contributed by atoms with van der Waals surface area (Å²) in [6, 6.07) is 0. The molecule has 1 N–H and O–H groups in total. The van der Waals surface area contributed by atoms with Crippen molar-refractivity contribution < 1.29 is 9.90 Å². The first-order valence-electron chi connectivity index (χ1n) is 5.92. The van der Waals surface area contributed by atoms with Crippen LogP contribution in [0.5, 0.6) is 0 Å². The maximum absolute atomic E-state index is 10.9. The quantitative estimate of drug-likeness (QED) is 0.724. The van der Waals surface area contributed by atoms with Gasteiger partial charge in [-0.2, -0.15) is 0 Å². The number of hydrogen-bond donors (Lipinski definition) is 1. The Bertz CT molecular complexity index is 345. The lowest BCUT2D eigenvalue weighted by Gasteiger charge is -2.07. The van der Waals surface area contributed by atoms with Crippen LogP contribution < -0.4 is 0 Å². The van der Waals surface area contributed by atoms with Crippen LogP contribution in [0.25, 0.3) is 0 Å². The van der Waals surface area contributed by atoms with E-state index in [-0.39, 0.29) is 0 Å². The lowest BCUT2D eigenvalue weighted by molar-refractivity contribution is 0.0684. The van der Waals surface area contributed by atoms with Crippen molar-refractivity contribution >= 4 is 5.97 Å². The Labute approximate surface area is 96.3 Å². The van der Waals surface area contributed by atoms with E-state index in [2.05, 4.69) is 11.9 Å². The molecule has 0 bridgehead atoms. The van der Waals surface area contributed by atoms with E-state index in [1.54, 1.807) is 4.57 Å². The second-order valence-corrected chi connectivity index (χ2v) is 4.06. The highest BCUT2D eigenvalue weighted by Gasteiger charge is 2.12. The summed E-state index contributed by atoms with van der Waals surface area (Å²) >= 11 is 0. The molecule has 4 heteroatoms. The minimum atomic E-state index is -0.894. The monoisotopic (exact) mass is 224 g/mol. The zero-order valence-corrected chi connectivity index (χ0v) is 10.1. The van der Waals surface area contributed by atoms with Crippen molar-refractivity contribution in [3.63, 3.8) is 0 Å². The molecular formula is C12H20N2O2. The van der Waals surface area contributed by atoms with Gasteiger partial charge in [0.1, 0.15) is 11.5 Å². The van der Waals surface area contributed by atoms with Gasteiger partial charge in [0.25, 0.3) is 0 Å². The summed E-state index contributed by atoms with van der Waals surface area (Å²) < 4.78 is 1.79. The van der Waals surface area contributed by atoms with Gasteiger partial charge in [-0.3, -0.25) is 0 Å². The summed E-state index contributed by atoms with van der Waals surface area (Å²) in [6.45, 7) is 4.79. The van der Waals surface area contributed by atoms with Crippen LogP contribution in [0.1, 0.15) is 55.3 Å². The molecule has 0 aliphatic rings. The van der Waals surface area contributed by atoms with Crippen LogP contribution in [0.15, 0.2) is 6.20 Å². The number of imidazole rings is 1. The molecule has 0 spiro atoms. The molecule has 0 aromatic carbocycles. The van der Waals surface area contributed by atoms with E-state index in [0.29, 0.717) is 5.69 Å². The molecule has 1 aromatic heterocycles. The van der Waals surface area contributed by atoms with Crippen molar-refractivity contribution in [2.45, 2.75) is 52.5 Å². The molecule has 0 radical (unpaired) electrons. The smallest absolute Gasteiger partial charge is 0.354 e. The minimum Gasteiger partial charge on any atom is -0.477 e. The molecule has 1 rings (SSSR count). The molecule has 0 atom stereocenters. The summed E-state index contributed by atoms with van der Waals surface area (Å²) in [7, 11) is 0. The van der Waals surface area contributed by atoms with Crippen LogP contribution in [0.4, 0.5) is 0 Å². The first kappa shape index (κ1) is 12.7. The molecule has 1 heterocycles. The fraction of sp³-hybridized carbons (Fsp3) is 0.667. The predicted molar refractivity (Wildman–Crippen MR) is 62.7 cm³/mol. The summed E-state index contributed by atoms with van der Waals surface area (Å²) in [5.74, 6) is -0.109. The highest BCUT2D eigenvalue weighted by molar-refractivity contribution is 5.85. The van der Waals surface area contributed by atoms with Crippen LogP contribution in [0.2, 0.25) is 0 Å². The maximum Gasteiger partial charge on any atom is 0.354 e. The second kappa shape index (κ2) is 6.30. The Balaban J connectivity index is 2.46.